The predicted molar refractivity (Wildman–Crippen MR) is 90.7 cm³/mol. The van der Waals surface area contributed by atoms with Crippen LogP contribution in [0.25, 0.3) is 0 Å². The smallest absolute Gasteiger partial charge is 0.262 e. The van der Waals surface area contributed by atoms with Crippen LogP contribution in [0.5, 0.6) is 0 Å². The van der Waals surface area contributed by atoms with E-state index in [1.54, 1.807) is 31.2 Å². The Kier molecular flexibility index (Phi) is 4.97. The number of carbonyl (C=O) groups is 3. The van der Waals surface area contributed by atoms with Crippen molar-refractivity contribution in [1.82, 2.24) is 10.2 Å². The van der Waals surface area contributed by atoms with E-state index in [2.05, 4.69) is 5.32 Å². The Morgan fingerprint density at radius 1 is 1.00 bits per heavy atom. The Balaban J connectivity index is 1.68. The fourth-order valence-corrected chi connectivity index (χ4v) is 3.60. The number of benzene rings is 1. The van der Waals surface area contributed by atoms with E-state index in [1.807, 2.05) is 0 Å². The van der Waals surface area contributed by atoms with Crippen molar-refractivity contribution in [2.45, 2.75) is 64.0 Å². The molecule has 1 saturated carbocycles. The van der Waals surface area contributed by atoms with Gasteiger partial charge in [0.1, 0.15) is 6.04 Å². The van der Waals surface area contributed by atoms with Crippen LogP contribution in [0.4, 0.5) is 0 Å². The molecule has 2 aliphatic rings. The summed E-state index contributed by atoms with van der Waals surface area (Å²) in [6.07, 6.45) is 7.87. The lowest BCUT2D eigenvalue weighted by molar-refractivity contribution is -0.125. The summed E-state index contributed by atoms with van der Waals surface area (Å²) in [5.74, 6) is -0.998. The Hall–Kier alpha value is -2.17. The molecule has 1 atom stereocenters. The van der Waals surface area contributed by atoms with Gasteiger partial charge in [-0.05, 0) is 31.9 Å². The molecule has 128 valence electrons. The van der Waals surface area contributed by atoms with Crippen molar-refractivity contribution in [2.75, 3.05) is 0 Å². The number of hydrogen-bond donors (Lipinski definition) is 1. The monoisotopic (exact) mass is 328 g/mol. The maximum atomic E-state index is 12.6. The molecule has 1 N–H and O–H groups in total. The minimum atomic E-state index is -0.789. The van der Waals surface area contributed by atoms with Gasteiger partial charge in [-0.15, -0.1) is 0 Å². The van der Waals surface area contributed by atoms with Crippen LogP contribution in [0.3, 0.4) is 0 Å². The van der Waals surface area contributed by atoms with Gasteiger partial charge in [-0.2, -0.15) is 0 Å². The average molecular weight is 328 g/mol. The maximum absolute atomic E-state index is 12.6. The van der Waals surface area contributed by atoms with Crippen molar-refractivity contribution in [3.05, 3.63) is 35.4 Å². The highest BCUT2D eigenvalue weighted by Gasteiger charge is 2.40. The molecule has 1 aromatic carbocycles. The maximum Gasteiger partial charge on any atom is 0.262 e. The van der Waals surface area contributed by atoms with Gasteiger partial charge >= 0.3 is 0 Å². The van der Waals surface area contributed by atoms with Crippen LogP contribution in [0.15, 0.2) is 24.3 Å². The number of amides is 3. The lowest BCUT2D eigenvalue weighted by Gasteiger charge is -2.26. The zero-order chi connectivity index (χ0) is 17.1. The fraction of sp³-hybridized carbons (Fsp3) is 0.526. The summed E-state index contributed by atoms with van der Waals surface area (Å²) >= 11 is 0. The highest BCUT2D eigenvalue weighted by atomic mass is 16.2. The van der Waals surface area contributed by atoms with Crippen LogP contribution >= 0.6 is 0 Å². The normalized spacial score (nSPS) is 20.3. The van der Waals surface area contributed by atoms with E-state index < -0.39 is 6.04 Å². The summed E-state index contributed by atoms with van der Waals surface area (Å²) < 4.78 is 0. The van der Waals surface area contributed by atoms with Crippen molar-refractivity contribution in [3.8, 4) is 0 Å². The predicted octanol–water partition coefficient (Wildman–Crippen LogP) is 2.90. The first-order chi connectivity index (χ1) is 11.6. The van der Waals surface area contributed by atoms with Crippen LogP contribution < -0.4 is 5.32 Å². The van der Waals surface area contributed by atoms with Gasteiger partial charge in [0.05, 0.1) is 11.1 Å². The van der Waals surface area contributed by atoms with E-state index in [1.165, 1.54) is 19.3 Å². The molecule has 3 amide bonds. The molecule has 0 radical (unpaired) electrons. The number of fused-ring (bicyclic) bond motifs is 1. The summed E-state index contributed by atoms with van der Waals surface area (Å²) in [5.41, 5.74) is 0.765. The highest BCUT2D eigenvalue weighted by Crippen LogP contribution is 2.25. The van der Waals surface area contributed by atoms with Crippen LogP contribution in [0, 0.1) is 0 Å². The molecule has 0 aromatic heterocycles. The van der Waals surface area contributed by atoms with Crippen LogP contribution in [0.2, 0.25) is 0 Å². The van der Waals surface area contributed by atoms with E-state index in [-0.39, 0.29) is 23.8 Å². The molecular formula is C19H24N2O3. The van der Waals surface area contributed by atoms with Gasteiger partial charge in [-0.1, -0.05) is 44.2 Å². The first-order valence-electron chi connectivity index (χ1n) is 8.87. The Bertz CT molecular complexity index is 613. The molecule has 1 aromatic rings. The Morgan fingerprint density at radius 3 is 2.04 bits per heavy atom. The van der Waals surface area contributed by atoms with Crippen molar-refractivity contribution in [2.24, 2.45) is 0 Å². The van der Waals surface area contributed by atoms with Gasteiger partial charge in [0.25, 0.3) is 11.8 Å². The zero-order valence-corrected chi connectivity index (χ0v) is 14.1. The molecule has 24 heavy (non-hydrogen) atoms. The number of imide groups is 1. The highest BCUT2D eigenvalue weighted by molar-refractivity contribution is 6.22. The number of hydrogen-bond acceptors (Lipinski definition) is 3. The minimum Gasteiger partial charge on any atom is -0.352 e. The SMILES string of the molecule is C[C@@H](C(=O)NC1CCCCCCC1)N1C(=O)c2ccccc2C1=O. The van der Waals surface area contributed by atoms with Gasteiger partial charge < -0.3 is 5.32 Å². The van der Waals surface area contributed by atoms with Crippen molar-refractivity contribution < 1.29 is 14.4 Å². The number of nitrogens with one attached hydrogen (secondary N) is 1. The Morgan fingerprint density at radius 2 is 1.50 bits per heavy atom. The number of rotatable bonds is 3. The summed E-state index contributed by atoms with van der Waals surface area (Å²) in [6, 6.07) is 6.09. The molecule has 0 unspecified atom stereocenters. The molecule has 3 rings (SSSR count). The third-order valence-electron chi connectivity index (χ3n) is 5.04. The molecular weight excluding hydrogens is 304 g/mol. The first kappa shape index (κ1) is 16.7. The van der Waals surface area contributed by atoms with Gasteiger partial charge in [-0.25, -0.2) is 0 Å². The number of carbonyl (C=O) groups excluding carboxylic acids is 3. The van der Waals surface area contributed by atoms with Gasteiger partial charge in [0, 0.05) is 6.04 Å². The third-order valence-corrected chi connectivity index (χ3v) is 5.04. The number of nitrogens with zero attached hydrogens (tertiary/aromatic N) is 1. The standard InChI is InChI=1S/C19H24N2O3/c1-13(17(22)20-14-9-5-3-2-4-6-10-14)21-18(23)15-11-7-8-12-16(15)19(21)24/h7-8,11-14H,2-6,9-10H2,1H3,(H,20,22)/t13-/m0/s1. The lowest BCUT2D eigenvalue weighted by atomic mass is 9.96. The molecule has 0 saturated heterocycles. The second-order valence-electron chi connectivity index (χ2n) is 6.75. The molecule has 5 nitrogen and oxygen atoms in total. The van der Waals surface area contributed by atoms with E-state index in [0.29, 0.717) is 11.1 Å². The third kappa shape index (κ3) is 3.21. The van der Waals surface area contributed by atoms with E-state index >= 15 is 0 Å². The quantitative estimate of drug-likeness (QED) is 0.868. The molecule has 1 fully saturated rings. The van der Waals surface area contributed by atoms with E-state index in [9.17, 15) is 14.4 Å². The van der Waals surface area contributed by atoms with Crippen LogP contribution in [-0.4, -0.2) is 34.7 Å². The molecule has 1 heterocycles. The zero-order valence-electron chi connectivity index (χ0n) is 14.1. The second-order valence-corrected chi connectivity index (χ2v) is 6.75. The first-order valence-corrected chi connectivity index (χ1v) is 8.87. The van der Waals surface area contributed by atoms with Gasteiger partial charge in [0.2, 0.25) is 5.91 Å². The largest absolute Gasteiger partial charge is 0.352 e. The van der Waals surface area contributed by atoms with Crippen molar-refractivity contribution >= 4 is 17.7 Å². The second kappa shape index (κ2) is 7.16. The molecule has 1 aliphatic carbocycles. The summed E-state index contributed by atoms with van der Waals surface area (Å²) in [6.45, 7) is 1.62. The summed E-state index contributed by atoms with van der Waals surface area (Å²) in [7, 11) is 0. The van der Waals surface area contributed by atoms with Crippen LogP contribution in [0.1, 0.15) is 72.6 Å². The van der Waals surface area contributed by atoms with Gasteiger partial charge in [0.15, 0.2) is 0 Å². The molecule has 0 bridgehead atoms. The van der Waals surface area contributed by atoms with E-state index in [0.717, 1.165) is 30.6 Å². The van der Waals surface area contributed by atoms with Crippen molar-refractivity contribution in [1.29, 1.82) is 0 Å². The Labute approximate surface area is 142 Å². The molecule has 5 heteroatoms. The minimum absolute atomic E-state index is 0.149. The van der Waals surface area contributed by atoms with E-state index in [4.69, 9.17) is 0 Å². The average Bonchev–Trinajstić information content (AvgIpc) is 2.81. The molecule has 1 aliphatic heterocycles. The topological polar surface area (TPSA) is 66.5 Å². The summed E-state index contributed by atoms with van der Waals surface area (Å²) in [4.78, 5) is 38.6. The summed E-state index contributed by atoms with van der Waals surface area (Å²) in [5, 5.41) is 3.05. The fourth-order valence-electron chi connectivity index (χ4n) is 3.60. The van der Waals surface area contributed by atoms with Gasteiger partial charge in [-0.3, -0.25) is 19.3 Å². The van der Waals surface area contributed by atoms with Crippen LogP contribution in [-0.2, 0) is 4.79 Å². The van der Waals surface area contributed by atoms with Crippen molar-refractivity contribution in [3.63, 3.8) is 0 Å². The molecule has 0 spiro atoms. The lowest BCUT2D eigenvalue weighted by Crippen LogP contribution is -2.50.